The highest BCUT2D eigenvalue weighted by Crippen LogP contribution is 2.08. The van der Waals surface area contributed by atoms with E-state index in [1.54, 1.807) is 6.20 Å². The minimum absolute atomic E-state index is 0. The van der Waals surface area contributed by atoms with Crippen molar-refractivity contribution in [2.75, 3.05) is 13.1 Å². The number of carbonyl (C=O) groups excluding carboxylic acids is 1. The minimum atomic E-state index is 0. The van der Waals surface area contributed by atoms with Crippen LogP contribution < -0.4 is 11.1 Å². The van der Waals surface area contributed by atoms with Gasteiger partial charge in [-0.1, -0.05) is 18.2 Å². The molecule has 0 spiro atoms. The Balaban J connectivity index is 0.00000200. The number of para-hydroxylation sites is 1. The molecule has 0 saturated carbocycles. The molecule has 0 saturated heterocycles. The average Bonchev–Trinajstić information content (AvgIpc) is 2.93. The van der Waals surface area contributed by atoms with E-state index >= 15 is 0 Å². The highest BCUT2D eigenvalue weighted by atomic mass is 35.5. The molecule has 0 bridgehead atoms. The molecule has 0 unspecified atom stereocenters. The number of nitrogens with zero attached hydrogens (tertiary/aromatic N) is 2. The zero-order chi connectivity index (χ0) is 13.5. The van der Waals surface area contributed by atoms with Crippen molar-refractivity contribution in [3.63, 3.8) is 0 Å². The maximum atomic E-state index is 11.5. The van der Waals surface area contributed by atoms with Crippen molar-refractivity contribution in [3.8, 4) is 5.69 Å². The Hall–Kier alpha value is -1.85. The van der Waals surface area contributed by atoms with Gasteiger partial charge in [0.25, 0.3) is 0 Å². The van der Waals surface area contributed by atoms with Crippen LogP contribution in [-0.2, 0) is 11.2 Å². The lowest BCUT2D eigenvalue weighted by atomic mass is 10.2. The minimum Gasteiger partial charge on any atom is -0.355 e. The molecule has 0 aliphatic heterocycles. The predicted octanol–water partition coefficient (Wildman–Crippen LogP) is 1.30. The summed E-state index contributed by atoms with van der Waals surface area (Å²) in [5.74, 6) is 0.0258. The fraction of sp³-hybridized carbons (Fsp3) is 0.286. The Bertz CT molecular complexity index is 527. The summed E-state index contributed by atoms with van der Waals surface area (Å²) in [6, 6.07) is 9.89. The van der Waals surface area contributed by atoms with E-state index in [1.165, 1.54) is 0 Å². The smallest absolute Gasteiger partial charge is 0.220 e. The third-order valence-electron chi connectivity index (χ3n) is 2.76. The third-order valence-corrected chi connectivity index (χ3v) is 2.76. The van der Waals surface area contributed by atoms with Crippen LogP contribution in [0.1, 0.15) is 12.0 Å². The Kier molecular flexibility index (Phi) is 6.76. The van der Waals surface area contributed by atoms with Crippen LogP contribution in [0.3, 0.4) is 0 Å². The summed E-state index contributed by atoms with van der Waals surface area (Å²) in [7, 11) is 0. The molecule has 2 rings (SSSR count). The van der Waals surface area contributed by atoms with Gasteiger partial charge in [0.05, 0.1) is 11.9 Å². The fourth-order valence-electron chi connectivity index (χ4n) is 1.77. The van der Waals surface area contributed by atoms with Gasteiger partial charge in [-0.25, -0.2) is 4.68 Å². The number of nitrogens with two attached hydrogens (primary N) is 1. The molecule has 0 atom stereocenters. The summed E-state index contributed by atoms with van der Waals surface area (Å²) in [4.78, 5) is 11.5. The van der Waals surface area contributed by atoms with E-state index in [0.29, 0.717) is 25.9 Å². The van der Waals surface area contributed by atoms with E-state index in [1.807, 2.05) is 41.2 Å². The second-order valence-corrected chi connectivity index (χ2v) is 4.27. The molecule has 3 N–H and O–H groups in total. The zero-order valence-corrected chi connectivity index (χ0v) is 12.0. The lowest BCUT2D eigenvalue weighted by molar-refractivity contribution is -0.120. The number of amides is 1. The van der Waals surface area contributed by atoms with Gasteiger partial charge >= 0.3 is 0 Å². The molecule has 20 heavy (non-hydrogen) atoms. The molecule has 1 heterocycles. The van der Waals surface area contributed by atoms with Crippen LogP contribution in [0.2, 0.25) is 0 Å². The second kappa shape index (κ2) is 8.35. The van der Waals surface area contributed by atoms with Crippen molar-refractivity contribution in [2.24, 2.45) is 5.73 Å². The highest BCUT2D eigenvalue weighted by Gasteiger charge is 2.04. The number of aryl methyl sites for hydroxylation is 1. The van der Waals surface area contributed by atoms with Gasteiger partial charge in [-0.15, -0.1) is 12.4 Å². The lowest BCUT2D eigenvalue weighted by Crippen LogP contribution is -2.29. The van der Waals surface area contributed by atoms with Crippen molar-refractivity contribution in [3.05, 3.63) is 48.3 Å². The monoisotopic (exact) mass is 294 g/mol. The largest absolute Gasteiger partial charge is 0.355 e. The molecule has 2 aromatic rings. The summed E-state index contributed by atoms with van der Waals surface area (Å²) in [5, 5.41) is 7.04. The fourth-order valence-corrected chi connectivity index (χ4v) is 1.77. The van der Waals surface area contributed by atoms with E-state index in [2.05, 4.69) is 10.4 Å². The molecule has 1 aromatic carbocycles. The van der Waals surface area contributed by atoms with E-state index in [4.69, 9.17) is 5.73 Å². The Morgan fingerprint density at radius 1 is 1.30 bits per heavy atom. The molecule has 0 aliphatic rings. The van der Waals surface area contributed by atoms with Crippen molar-refractivity contribution >= 4 is 18.3 Å². The lowest BCUT2D eigenvalue weighted by Gasteiger charge is -2.02. The molecular formula is C14H19ClN4O. The summed E-state index contributed by atoms with van der Waals surface area (Å²) in [6.45, 7) is 1.000. The van der Waals surface area contributed by atoms with Gasteiger partial charge in [0.1, 0.15) is 0 Å². The van der Waals surface area contributed by atoms with Gasteiger partial charge in [-0.2, -0.15) is 5.10 Å². The number of halogens is 1. The van der Waals surface area contributed by atoms with Crippen molar-refractivity contribution in [1.82, 2.24) is 15.1 Å². The van der Waals surface area contributed by atoms with Crippen LogP contribution >= 0.6 is 12.4 Å². The first-order chi connectivity index (χ1) is 9.29. The molecule has 0 aliphatic carbocycles. The third kappa shape index (κ3) is 4.68. The average molecular weight is 295 g/mol. The van der Waals surface area contributed by atoms with E-state index < -0.39 is 0 Å². The molecule has 6 heteroatoms. The van der Waals surface area contributed by atoms with Gasteiger partial charge in [0.2, 0.25) is 5.91 Å². The quantitative estimate of drug-likeness (QED) is 0.843. The summed E-state index contributed by atoms with van der Waals surface area (Å²) < 4.78 is 1.81. The maximum Gasteiger partial charge on any atom is 0.220 e. The Labute approximate surface area is 124 Å². The Morgan fingerprint density at radius 3 is 2.75 bits per heavy atom. The number of carbonyl (C=O) groups is 1. The normalized spacial score (nSPS) is 9.85. The number of nitrogens with one attached hydrogen (secondary N) is 1. The first-order valence-electron chi connectivity index (χ1n) is 6.35. The van der Waals surface area contributed by atoms with Crippen LogP contribution in [0.15, 0.2) is 42.7 Å². The molecular weight excluding hydrogens is 276 g/mol. The summed E-state index contributed by atoms with van der Waals surface area (Å²) in [5.41, 5.74) is 7.39. The van der Waals surface area contributed by atoms with Crippen LogP contribution in [-0.4, -0.2) is 28.8 Å². The molecule has 0 fully saturated rings. The van der Waals surface area contributed by atoms with Crippen molar-refractivity contribution < 1.29 is 4.79 Å². The van der Waals surface area contributed by atoms with Crippen molar-refractivity contribution in [1.29, 1.82) is 0 Å². The number of hydrogen-bond donors (Lipinski definition) is 2. The molecule has 1 amide bonds. The van der Waals surface area contributed by atoms with Gasteiger partial charge in [-0.3, -0.25) is 4.79 Å². The number of hydrogen-bond acceptors (Lipinski definition) is 3. The van der Waals surface area contributed by atoms with Crippen LogP contribution in [0, 0.1) is 0 Å². The van der Waals surface area contributed by atoms with Crippen LogP contribution in [0.25, 0.3) is 5.69 Å². The highest BCUT2D eigenvalue weighted by molar-refractivity contribution is 5.85. The summed E-state index contributed by atoms with van der Waals surface area (Å²) >= 11 is 0. The Morgan fingerprint density at radius 2 is 2.05 bits per heavy atom. The molecule has 0 radical (unpaired) electrons. The second-order valence-electron chi connectivity index (χ2n) is 4.27. The predicted molar refractivity (Wildman–Crippen MR) is 81.2 cm³/mol. The first kappa shape index (κ1) is 16.2. The SMILES string of the molecule is Cl.NCCNC(=O)CCc1cnn(-c2ccccc2)c1. The zero-order valence-electron chi connectivity index (χ0n) is 11.2. The van der Waals surface area contributed by atoms with E-state index in [9.17, 15) is 4.79 Å². The van der Waals surface area contributed by atoms with Gasteiger partial charge in [0, 0.05) is 25.7 Å². The van der Waals surface area contributed by atoms with Gasteiger partial charge in [0.15, 0.2) is 0 Å². The van der Waals surface area contributed by atoms with Gasteiger partial charge in [-0.05, 0) is 24.1 Å². The standard InChI is InChI=1S/C14H18N4O.ClH/c15-8-9-16-14(19)7-6-12-10-17-18(11-12)13-4-2-1-3-5-13;/h1-5,10-11H,6-9,15H2,(H,16,19);1H. The molecule has 5 nitrogen and oxygen atoms in total. The van der Waals surface area contributed by atoms with E-state index in [-0.39, 0.29) is 18.3 Å². The topological polar surface area (TPSA) is 72.9 Å². The van der Waals surface area contributed by atoms with Crippen LogP contribution in [0.4, 0.5) is 0 Å². The number of benzene rings is 1. The van der Waals surface area contributed by atoms with E-state index in [0.717, 1.165) is 11.3 Å². The van der Waals surface area contributed by atoms with Crippen LogP contribution in [0.5, 0.6) is 0 Å². The molecule has 1 aromatic heterocycles. The first-order valence-corrected chi connectivity index (χ1v) is 6.35. The molecule has 108 valence electrons. The maximum absolute atomic E-state index is 11.5. The summed E-state index contributed by atoms with van der Waals surface area (Å²) in [6.07, 6.45) is 4.89. The van der Waals surface area contributed by atoms with Gasteiger partial charge < -0.3 is 11.1 Å². The number of aromatic nitrogens is 2. The van der Waals surface area contributed by atoms with Crippen molar-refractivity contribution in [2.45, 2.75) is 12.8 Å². The number of rotatable bonds is 6.